The zero-order valence-corrected chi connectivity index (χ0v) is 19.6. The highest BCUT2D eigenvalue weighted by atomic mass is 16.2. The van der Waals surface area contributed by atoms with Gasteiger partial charge in [0.2, 0.25) is 11.8 Å². The van der Waals surface area contributed by atoms with Gasteiger partial charge in [-0.15, -0.1) is 5.10 Å². The maximum atomic E-state index is 12.4. The van der Waals surface area contributed by atoms with E-state index < -0.39 is 6.04 Å². The molecule has 0 fully saturated rings. The molecule has 160 valence electrons. The molecule has 1 aliphatic heterocycles. The highest BCUT2D eigenvalue weighted by Crippen LogP contribution is 2.16. The summed E-state index contributed by atoms with van der Waals surface area (Å²) in [6.45, 7) is 17.8. The van der Waals surface area contributed by atoms with E-state index in [2.05, 4.69) is 15.3 Å². The fourth-order valence-electron chi connectivity index (χ4n) is 2.12. The van der Waals surface area contributed by atoms with Gasteiger partial charge in [-0.2, -0.15) is 10.2 Å². The third kappa shape index (κ3) is 9.28. The molecule has 1 atom stereocenters. The predicted octanol–water partition coefficient (Wildman–Crippen LogP) is 5.75. The van der Waals surface area contributed by atoms with Gasteiger partial charge in [0.1, 0.15) is 5.69 Å². The first kappa shape index (κ1) is 28.4. The fraction of sp³-hybridized carbons (Fsp3) is 0.417. The third-order valence-corrected chi connectivity index (χ3v) is 3.21. The number of hydrogen-bond donors (Lipinski definition) is 1. The van der Waals surface area contributed by atoms with Gasteiger partial charge in [0, 0.05) is 6.92 Å². The Morgan fingerprint density at radius 2 is 1.21 bits per heavy atom. The number of carbonyl (C=O) groups is 1. The summed E-state index contributed by atoms with van der Waals surface area (Å²) >= 11 is 0. The van der Waals surface area contributed by atoms with Gasteiger partial charge in [-0.1, -0.05) is 96.8 Å². The lowest BCUT2D eigenvalue weighted by molar-refractivity contribution is -0.455. The van der Waals surface area contributed by atoms with Crippen LogP contribution >= 0.6 is 0 Å². The van der Waals surface area contributed by atoms with Crippen LogP contribution in [0.15, 0.2) is 70.9 Å². The Morgan fingerprint density at radius 3 is 1.69 bits per heavy atom. The van der Waals surface area contributed by atoms with Gasteiger partial charge in [-0.3, -0.25) is 4.79 Å². The average molecular weight is 400 g/mol. The minimum atomic E-state index is -0.592. The molecule has 2 aromatic rings. The Balaban J connectivity index is 0. The molecule has 0 aliphatic carbocycles. The van der Waals surface area contributed by atoms with Crippen LogP contribution in [0, 0.1) is 0 Å². The Bertz CT molecular complexity index is 697. The number of nitrogens with one attached hydrogen (secondary N) is 1. The van der Waals surface area contributed by atoms with E-state index in [-0.39, 0.29) is 5.91 Å². The topological polar surface area (TPSA) is 59.0 Å². The lowest BCUT2D eigenvalue weighted by atomic mass is 10.2. The van der Waals surface area contributed by atoms with Crippen LogP contribution in [0.3, 0.4) is 0 Å². The van der Waals surface area contributed by atoms with Crippen LogP contribution in [0.1, 0.15) is 62.3 Å². The molecule has 3 rings (SSSR count). The summed E-state index contributed by atoms with van der Waals surface area (Å²) in [6, 6.07) is 18.2. The second kappa shape index (κ2) is 18.5. The first-order valence-electron chi connectivity index (χ1n) is 10.7. The molecule has 1 N–H and O–H groups in total. The van der Waals surface area contributed by atoms with Crippen molar-refractivity contribution in [1.82, 2.24) is 0 Å². The highest BCUT2D eigenvalue weighted by Gasteiger charge is 2.40. The highest BCUT2D eigenvalue weighted by molar-refractivity contribution is 6.13. The van der Waals surface area contributed by atoms with Crippen LogP contribution in [0.25, 0.3) is 0 Å². The Hall–Kier alpha value is -2.82. The monoisotopic (exact) mass is 399 g/mol. The summed E-state index contributed by atoms with van der Waals surface area (Å²) in [7, 11) is 0. The number of hydrazone groups is 1. The number of nitrogens with zero attached hydrogens (tertiary/aromatic N) is 3. The van der Waals surface area contributed by atoms with Crippen LogP contribution in [0.2, 0.25) is 0 Å². The molecular weight excluding hydrogens is 360 g/mol. The largest absolute Gasteiger partial charge is 0.320 e. The molecule has 0 bridgehead atoms. The number of azo groups is 1. The van der Waals surface area contributed by atoms with E-state index >= 15 is 0 Å². The zero-order chi connectivity index (χ0) is 22.7. The molecule has 1 amide bonds. The smallest absolute Gasteiger partial charge is 0.265 e. The third-order valence-electron chi connectivity index (χ3n) is 3.21. The van der Waals surface area contributed by atoms with E-state index in [0.717, 1.165) is 17.1 Å². The van der Waals surface area contributed by atoms with Gasteiger partial charge in [0.25, 0.3) is 0 Å². The van der Waals surface area contributed by atoms with Crippen LogP contribution in [0.5, 0.6) is 0 Å². The van der Waals surface area contributed by atoms with Crippen molar-refractivity contribution in [3.8, 4) is 0 Å². The van der Waals surface area contributed by atoms with Crippen molar-refractivity contribution < 1.29 is 9.90 Å². The van der Waals surface area contributed by atoms with Crippen molar-refractivity contribution in [1.29, 1.82) is 0 Å². The molecule has 0 saturated heterocycles. The zero-order valence-electron chi connectivity index (χ0n) is 19.6. The Labute approximate surface area is 177 Å². The normalized spacial score (nSPS) is 14.1. The maximum absolute atomic E-state index is 12.4. The first-order chi connectivity index (χ1) is 14.3. The summed E-state index contributed by atoms with van der Waals surface area (Å²) < 4.78 is 0. The number of para-hydroxylation sites is 1. The van der Waals surface area contributed by atoms with E-state index in [9.17, 15) is 4.79 Å². The van der Waals surface area contributed by atoms with Crippen molar-refractivity contribution in [3.05, 3.63) is 60.7 Å². The van der Waals surface area contributed by atoms with Crippen molar-refractivity contribution in [3.63, 3.8) is 0 Å². The average Bonchev–Trinajstić information content (AvgIpc) is 3.12. The molecular formula is C24H39N4O+. The molecule has 1 heterocycles. The minimum Gasteiger partial charge on any atom is -0.265 e. The lowest BCUT2D eigenvalue weighted by Gasteiger charge is -2.06. The maximum Gasteiger partial charge on any atom is 0.320 e. The predicted molar refractivity (Wildman–Crippen MR) is 126 cm³/mol. The molecule has 0 saturated carbocycles. The van der Waals surface area contributed by atoms with Gasteiger partial charge in [0.15, 0.2) is 0 Å². The molecule has 0 aromatic heterocycles. The number of benzene rings is 2. The van der Waals surface area contributed by atoms with Crippen LogP contribution in [-0.4, -0.2) is 17.7 Å². The standard InChI is InChI=1S/C16H14N4O.4C2H6/c1-12-15(18-17-13-8-4-2-5-9-13)16(21)20(19-12)14-10-6-3-7-11-14;4*1-2/h2-11,15H,1H3;4*1-2H3/p+1. The summed E-state index contributed by atoms with van der Waals surface area (Å²) in [4.78, 5) is 12.4. The summed E-state index contributed by atoms with van der Waals surface area (Å²) in [6.07, 6.45) is 0. The lowest BCUT2D eigenvalue weighted by Crippen LogP contribution is -2.81. The second-order valence-corrected chi connectivity index (χ2v) is 4.76. The number of anilines is 1. The van der Waals surface area contributed by atoms with Crippen molar-refractivity contribution in [2.75, 3.05) is 5.01 Å². The van der Waals surface area contributed by atoms with E-state index in [1.165, 1.54) is 5.01 Å². The van der Waals surface area contributed by atoms with Gasteiger partial charge < -0.3 is 0 Å². The quantitative estimate of drug-likeness (QED) is 0.657. The number of amides is 1. The molecule has 1 unspecified atom stereocenters. The van der Waals surface area contributed by atoms with Crippen LogP contribution < -0.4 is 10.1 Å². The molecule has 5 nitrogen and oxygen atoms in total. The molecule has 2 aromatic carbocycles. The fourth-order valence-corrected chi connectivity index (χ4v) is 2.12. The van der Waals surface area contributed by atoms with E-state index in [4.69, 9.17) is 0 Å². The first-order valence-corrected chi connectivity index (χ1v) is 10.7. The number of carbonyl (C=O) groups excluding carboxylic acids is 1. The Morgan fingerprint density at radius 1 is 0.759 bits per heavy atom. The van der Waals surface area contributed by atoms with E-state index in [0.29, 0.717) is 0 Å². The second-order valence-electron chi connectivity index (χ2n) is 4.76. The van der Waals surface area contributed by atoms with Crippen molar-refractivity contribution in [2.45, 2.75) is 68.4 Å². The molecule has 0 radical (unpaired) electrons. The number of rotatable bonds is 3. The van der Waals surface area contributed by atoms with Crippen LogP contribution in [-0.2, 0) is 4.79 Å². The number of hydrogen-bond acceptors (Lipinski definition) is 3. The van der Waals surface area contributed by atoms with E-state index in [1.54, 1.807) is 0 Å². The van der Waals surface area contributed by atoms with Crippen molar-refractivity contribution in [2.24, 2.45) is 10.2 Å². The number of hydrazine groups is 1. The van der Waals surface area contributed by atoms with Gasteiger partial charge in [-0.25, -0.2) is 0 Å². The minimum absolute atomic E-state index is 0.126. The van der Waals surface area contributed by atoms with Gasteiger partial charge >= 0.3 is 5.91 Å². The summed E-state index contributed by atoms with van der Waals surface area (Å²) in [5.41, 5.74) is 2.29. The van der Waals surface area contributed by atoms with Gasteiger partial charge in [-0.05, 0) is 24.3 Å². The van der Waals surface area contributed by atoms with Gasteiger partial charge in [0.05, 0.1) is 5.69 Å². The van der Waals surface area contributed by atoms with E-state index in [1.807, 2.05) is 123 Å². The SMILES string of the molecule is CC.CC.CC.CC.CC1=[NH+]N(c2ccccc2)C(=O)C1N=Nc1ccccc1. The van der Waals surface area contributed by atoms with Crippen LogP contribution in [0.4, 0.5) is 11.4 Å². The Kier molecular flexibility index (Phi) is 18.1. The van der Waals surface area contributed by atoms with Crippen molar-refractivity contribution >= 4 is 23.0 Å². The summed E-state index contributed by atoms with van der Waals surface area (Å²) in [5, 5.41) is 12.9. The molecule has 1 aliphatic rings. The molecule has 5 heteroatoms. The summed E-state index contributed by atoms with van der Waals surface area (Å²) in [5.74, 6) is -0.126. The molecule has 0 spiro atoms. The molecule has 29 heavy (non-hydrogen) atoms.